The summed E-state index contributed by atoms with van der Waals surface area (Å²) >= 11 is 0. The molecule has 1 amide bonds. The normalized spacial score (nSPS) is 25.8. The van der Waals surface area contributed by atoms with E-state index < -0.39 is 0 Å². The van der Waals surface area contributed by atoms with Crippen molar-refractivity contribution in [1.29, 1.82) is 0 Å². The molecule has 2 fully saturated rings. The summed E-state index contributed by atoms with van der Waals surface area (Å²) in [5.41, 5.74) is 2.79. The lowest BCUT2D eigenvalue weighted by atomic mass is 9.61. The van der Waals surface area contributed by atoms with E-state index in [4.69, 9.17) is 4.42 Å². The van der Waals surface area contributed by atoms with Crippen molar-refractivity contribution in [3.63, 3.8) is 0 Å². The average Bonchev–Trinajstić information content (AvgIpc) is 2.50. The molecule has 24 heavy (non-hydrogen) atoms. The second-order valence-corrected chi connectivity index (χ2v) is 7.16. The average molecular weight is 326 g/mol. The van der Waals surface area contributed by atoms with Crippen LogP contribution in [0.3, 0.4) is 0 Å². The number of fused-ring (bicyclic) bond motifs is 2. The van der Waals surface area contributed by atoms with Gasteiger partial charge in [0, 0.05) is 23.1 Å². The van der Waals surface area contributed by atoms with Gasteiger partial charge in [-0.3, -0.25) is 4.79 Å². The molecule has 1 aliphatic heterocycles. The summed E-state index contributed by atoms with van der Waals surface area (Å²) in [5, 5.41) is 7.35. The van der Waals surface area contributed by atoms with Gasteiger partial charge < -0.3 is 15.1 Å². The molecule has 2 aliphatic rings. The zero-order valence-corrected chi connectivity index (χ0v) is 14.0. The standard InChI is InChI=1S/C19H22N2O3/c1-10-6-18(22)24-17-5-11(2)16(8-13(10)17)21-19(23)14-7-12-3-4-20-9-15(12)14/h5-6,8,12,14-15,20H,3-4,7,9H2,1-2H3,(H,21,23)/t12-,14-,15-/m1/s1. The third-order valence-corrected chi connectivity index (χ3v) is 5.64. The molecule has 2 N–H and O–H groups in total. The van der Waals surface area contributed by atoms with Crippen molar-refractivity contribution < 1.29 is 9.21 Å². The summed E-state index contributed by atoms with van der Waals surface area (Å²) in [7, 11) is 0. The number of hydrogen-bond acceptors (Lipinski definition) is 4. The van der Waals surface area contributed by atoms with E-state index >= 15 is 0 Å². The van der Waals surface area contributed by atoms with Crippen molar-refractivity contribution in [3.8, 4) is 0 Å². The summed E-state index contributed by atoms with van der Waals surface area (Å²) in [6.45, 7) is 5.82. The number of aryl methyl sites for hydroxylation is 2. The second-order valence-electron chi connectivity index (χ2n) is 7.16. The molecule has 0 radical (unpaired) electrons. The van der Waals surface area contributed by atoms with E-state index in [1.807, 2.05) is 26.0 Å². The molecule has 5 heteroatoms. The number of rotatable bonds is 2. The zero-order chi connectivity index (χ0) is 16.8. The van der Waals surface area contributed by atoms with Gasteiger partial charge in [0.2, 0.25) is 5.91 Å². The van der Waals surface area contributed by atoms with Crippen LogP contribution in [-0.2, 0) is 4.79 Å². The first-order valence-electron chi connectivity index (χ1n) is 8.59. The molecule has 3 atom stereocenters. The molecule has 0 unspecified atom stereocenters. The molecular weight excluding hydrogens is 304 g/mol. The highest BCUT2D eigenvalue weighted by molar-refractivity contribution is 5.97. The minimum Gasteiger partial charge on any atom is -0.423 e. The van der Waals surface area contributed by atoms with Crippen molar-refractivity contribution in [1.82, 2.24) is 5.32 Å². The van der Waals surface area contributed by atoms with Crippen LogP contribution in [0.2, 0.25) is 0 Å². The Labute approximate surface area is 140 Å². The largest absolute Gasteiger partial charge is 0.423 e. The molecule has 1 saturated carbocycles. The van der Waals surface area contributed by atoms with Crippen LogP contribution < -0.4 is 16.3 Å². The van der Waals surface area contributed by atoms with E-state index in [0.29, 0.717) is 17.4 Å². The fourth-order valence-corrected chi connectivity index (χ4v) is 4.13. The Morgan fingerprint density at radius 2 is 2.08 bits per heavy atom. The minimum absolute atomic E-state index is 0.104. The third-order valence-electron chi connectivity index (χ3n) is 5.64. The molecule has 1 aromatic heterocycles. The van der Waals surface area contributed by atoms with Gasteiger partial charge in [0.1, 0.15) is 5.58 Å². The van der Waals surface area contributed by atoms with Crippen LogP contribution in [0.5, 0.6) is 0 Å². The predicted molar refractivity (Wildman–Crippen MR) is 93.2 cm³/mol. The number of benzene rings is 1. The Bertz CT molecular complexity index is 871. The van der Waals surface area contributed by atoms with E-state index in [2.05, 4.69) is 10.6 Å². The van der Waals surface area contributed by atoms with Gasteiger partial charge in [0.15, 0.2) is 0 Å². The van der Waals surface area contributed by atoms with Crippen molar-refractivity contribution in [2.45, 2.75) is 26.7 Å². The van der Waals surface area contributed by atoms with Crippen LogP contribution in [0.15, 0.2) is 27.4 Å². The van der Waals surface area contributed by atoms with Crippen LogP contribution in [0, 0.1) is 31.6 Å². The quantitative estimate of drug-likeness (QED) is 0.832. The van der Waals surface area contributed by atoms with Gasteiger partial charge in [-0.15, -0.1) is 0 Å². The van der Waals surface area contributed by atoms with Gasteiger partial charge >= 0.3 is 5.63 Å². The number of carbonyl (C=O) groups excluding carboxylic acids is 1. The monoisotopic (exact) mass is 326 g/mol. The number of anilines is 1. The van der Waals surface area contributed by atoms with Crippen molar-refractivity contribution in [3.05, 3.63) is 39.7 Å². The van der Waals surface area contributed by atoms with Gasteiger partial charge in [-0.05, 0) is 74.9 Å². The maximum absolute atomic E-state index is 12.7. The van der Waals surface area contributed by atoms with Crippen molar-refractivity contribution >= 4 is 22.6 Å². The first kappa shape index (κ1) is 15.4. The fraction of sp³-hybridized carbons (Fsp3) is 0.474. The summed E-state index contributed by atoms with van der Waals surface area (Å²) in [6, 6.07) is 5.22. The van der Waals surface area contributed by atoms with Gasteiger partial charge in [-0.2, -0.15) is 0 Å². The first-order chi connectivity index (χ1) is 11.5. The lowest BCUT2D eigenvalue weighted by molar-refractivity contribution is -0.128. The van der Waals surface area contributed by atoms with Crippen molar-refractivity contribution in [2.75, 3.05) is 18.4 Å². The molecule has 0 bridgehead atoms. The highest BCUT2D eigenvalue weighted by Gasteiger charge is 2.45. The van der Waals surface area contributed by atoms with Crippen LogP contribution >= 0.6 is 0 Å². The van der Waals surface area contributed by atoms with Crippen LogP contribution in [0.25, 0.3) is 11.0 Å². The van der Waals surface area contributed by atoms with Gasteiger partial charge in [-0.1, -0.05) is 0 Å². The summed E-state index contributed by atoms with van der Waals surface area (Å²) in [6.07, 6.45) is 2.18. The molecule has 1 aromatic carbocycles. The fourth-order valence-electron chi connectivity index (χ4n) is 4.13. The Kier molecular flexibility index (Phi) is 3.68. The molecule has 126 valence electrons. The first-order valence-corrected chi connectivity index (χ1v) is 8.59. The summed E-state index contributed by atoms with van der Waals surface area (Å²) in [4.78, 5) is 24.2. The number of carbonyl (C=O) groups is 1. The van der Waals surface area contributed by atoms with E-state index in [1.165, 1.54) is 12.5 Å². The molecule has 2 aromatic rings. The molecule has 2 heterocycles. The molecule has 5 nitrogen and oxygen atoms in total. The maximum Gasteiger partial charge on any atom is 0.336 e. The van der Waals surface area contributed by atoms with Crippen LogP contribution in [0.4, 0.5) is 5.69 Å². The Morgan fingerprint density at radius 3 is 2.88 bits per heavy atom. The minimum atomic E-state index is -0.346. The lowest BCUT2D eigenvalue weighted by Gasteiger charge is -2.47. The zero-order valence-electron chi connectivity index (χ0n) is 14.0. The van der Waals surface area contributed by atoms with Crippen molar-refractivity contribution in [2.24, 2.45) is 17.8 Å². The highest BCUT2D eigenvalue weighted by Crippen LogP contribution is 2.44. The van der Waals surface area contributed by atoms with Crippen LogP contribution in [0.1, 0.15) is 24.0 Å². The number of nitrogens with one attached hydrogen (secondary N) is 2. The van der Waals surface area contributed by atoms with E-state index in [9.17, 15) is 9.59 Å². The summed E-state index contributed by atoms with van der Waals surface area (Å²) < 4.78 is 5.26. The maximum atomic E-state index is 12.7. The van der Waals surface area contributed by atoms with E-state index in [1.54, 1.807) is 0 Å². The lowest BCUT2D eigenvalue weighted by Crippen LogP contribution is -2.52. The van der Waals surface area contributed by atoms with Gasteiger partial charge in [-0.25, -0.2) is 4.79 Å². The predicted octanol–water partition coefficient (Wildman–Crippen LogP) is 2.59. The smallest absolute Gasteiger partial charge is 0.336 e. The summed E-state index contributed by atoms with van der Waals surface area (Å²) in [5.74, 6) is 1.39. The molecule has 4 rings (SSSR count). The number of piperidine rings is 1. The van der Waals surface area contributed by atoms with Gasteiger partial charge in [0.25, 0.3) is 0 Å². The van der Waals surface area contributed by atoms with E-state index in [-0.39, 0.29) is 17.5 Å². The molecule has 1 saturated heterocycles. The van der Waals surface area contributed by atoms with E-state index in [0.717, 1.165) is 41.7 Å². The Balaban J connectivity index is 1.59. The molecule has 1 aliphatic carbocycles. The Hall–Kier alpha value is -2.14. The molecular formula is C19H22N2O3. The Morgan fingerprint density at radius 1 is 1.25 bits per heavy atom. The SMILES string of the molecule is Cc1cc2oc(=O)cc(C)c2cc1NC(=O)[C@@H]1C[C@H]2CCNC[C@H]21. The highest BCUT2D eigenvalue weighted by atomic mass is 16.4. The molecule has 0 spiro atoms. The number of amides is 1. The van der Waals surface area contributed by atoms with Gasteiger partial charge in [0.05, 0.1) is 0 Å². The second kappa shape index (κ2) is 5.74. The van der Waals surface area contributed by atoms with Crippen LogP contribution in [-0.4, -0.2) is 19.0 Å². The third kappa shape index (κ3) is 2.53. The number of hydrogen-bond donors (Lipinski definition) is 2. The topological polar surface area (TPSA) is 71.3 Å².